The number of hydrogen-bond donors (Lipinski definition) is 3. The van der Waals surface area contributed by atoms with Gasteiger partial charge in [-0.2, -0.15) is 0 Å². The van der Waals surface area contributed by atoms with E-state index in [4.69, 9.17) is 5.73 Å². The number of rotatable bonds is 5. The topological polar surface area (TPSA) is 127 Å². The summed E-state index contributed by atoms with van der Waals surface area (Å²) < 4.78 is 25.9. The first kappa shape index (κ1) is 18.3. The zero-order valence-electron chi connectivity index (χ0n) is 14.4. The molecule has 8 nitrogen and oxygen atoms in total. The standard InChI is InChI=1S/C18H17N5O3S/c1-27(25,26)23-14-9-5-8-13-16(22-18(19)20-11-24)10-15(21-17(13)14)12-6-3-2-4-7-12/h2-11,23H,1H3,(H3,19,20,21,22,24). The average molecular weight is 383 g/mol. The summed E-state index contributed by atoms with van der Waals surface area (Å²) in [5.41, 5.74) is 8.31. The number of pyridine rings is 1. The number of sulfonamides is 1. The van der Waals surface area contributed by atoms with Crippen LogP contribution in [-0.2, 0) is 14.8 Å². The number of hydrogen-bond acceptors (Lipinski definition) is 5. The van der Waals surface area contributed by atoms with Gasteiger partial charge in [0.15, 0.2) is 5.96 Å². The molecule has 0 spiro atoms. The Morgan fingerprint density at radius 1 is 1.15 bits per heavy atom. The molecule has 0 aliphatic carbocycles. The van der Waals surface area contributed by atoms with Gasteiger partial charge in [0.05, 0.1) is 28.8 Å². The molecule has 4 N–H and O–H groups in total. The molecule has 0 radical (unpaired) electrons. The van der Waals surface area contributed by atoms with Gasteiger partial charge in [0.1, 0.15) is 0 Å². The maximum absolute atomic E-state index is 11.7. The average Bonchev–Trinajstić information content (AvgIpc) is 2.62. The van der Waals surface area contributed by atoms with Gasteiger partial charge in [-0.15, -0.1) is 0 Å². The summed E-state index contributed by atoms with van der Waals surface area (Å²) in [6.07, 6.45) is 1.49. The Kier molecular flexibility index (Phi) is 5.04. The summed E-state index contributed by atoms with van der Waals surface area (Å²) in [4.78, 5) is 19.5. The highest BCUT2D eigenvalue weighted by Gasteiger charge is 2.13. The summed E-state index contributed by atoms with van der Waals surface area (Å²) in [5, 5.41) is 2.87. The number of para-hydroxylation sites is 1. The number of carbonyl (C=O) groups is 1. The number of anilines is 1. The number of carbonyl (C=O) groups excluding carboxylic acids is 1. The van der Waals surface area contributed by atoms with Gasteiger partial charge in [0, 0.05) is 10.9 Å². The minimum atomic E-state index is -3.50. The lowest BCUT2D eigenvalue weighted by atomic mass is 10.1. The Labute approximate surface area is 156 Å². The molecule has 1 heterocycles. The SMILES string of the molecule is CS(=O)(=O)Nc1cccc2c(N=C(N)NC=O)cc(-c3ccccc3)nc12. The summed E-state index contributed by atoms with van der Waals surface area (Å²) in [6, 6.07) is 16.1. The molecule has 0 aliphatic heterocycles. The summed E-state index contributed by atoms with van der Waals surface area (Å²) in [7, 11) is -3.50. The largest absolute Gasteiger partial charge is 0.369 e. The Bertz CT molecular complexity index is 1130. The van der Waals surface area contributed by atoms with E-state index < -0.39 is 10.0 Å². The van der Waals surface area contributed by atoms with Crippen LogP contribution in [0.1, 0.15) is 0 Å². The third kappa shape index (κ3) is 4.39. The van der Waals surface area contributed by atoms with Crippen molar-refractivity contribution >= 4 is 44.7 Å². The van der Waals surface area contributed by atoms with Crippen LogP contribution < -0.4 is 15.8 Å². The van der Waals surface area contributed by atoms with Crippen LogP contribution in [0.3, 0.4) is 0 Å². The number of nitrogens with zero attached hydrogens (tertiary/aromatic N) is 2. The Morgan fingerprint density at radius 2 is 1.89 bits per heavy atom. The second-order valence-corrected chi connectivity index (χ2v) is 7.48. The van der Waals surface area contributed by atoms with Crippen LogP contribution in [0.25, 0.3) is 22.2 Å². The van der Waals surface area contributed by atoms with Crippen LogP contribution >= 0.6 is 0 Å². The molecule has 0 saturated heterocycles. The van der Waals surface area contributed by atoms with E-state index in [-0.39, 0.29) is 5.96 Å². The van der Waals surface area contributed by atoms with Crippen molar-refractivity contribution in [1.82, 2.24) is 10.3 Å². The van der Waals surface area contributed by atoms with Crippen molar-refractivity contribution in [2.75, 3.05) is 11.0 Å². The fourth-order valence-electron chi connectivity index (χ4n) is 2.58. The number of nitrogens with two attached hydrogens (primary N) is 1. The third-order valence-corrected chi connectivity index (χ3v) is 4.22. The quantitative estimate of drug-likeness (QED) is 0.353. The van der Waals surface area contributed by atoms with E-state index in [0.717, 1.165) is 11.8 Å². The molecule has 3 aromatic rings. The predicted octanol–water partition coefficient (Wildman–Crippen LogP) is 1.97. The zero-order valence-corrected chi connectivity index (χ0v) is 15.2. The lowest BCUT2D eigenvalue weighted by Crippen LogP contribution is -2.29. The van der Waals surface area contributed by atoms with Crippen LogP contribution in [0.5, 0.6) is 0 Å². The van der Waals surface area contributed by atoms with Gasteiger partial charge in [0.25, 0.3) is 0 Å². The highest BCUT2D eigenvalue weighted by atomic mass is 32.2. The number of benzene rings is 2. The Hall–Kier alpha value is -3.46. The molecule has 0 atom stereocenters. The van der Waals surface area contributed by atoms with E-state index in [0.29, 0.717) is 34.4 Å². The highest BCUT2D eigenvalue weighted by Crippen LogP contribution is 2.34. The number of nitrogens with one attached hydrogen (secondary N) is 2. The maximum atomic E-state index is 11.7. The predicted molar refractivity (Wildman–Crippen MR) is 106 cm³/mol. The van der Waals surface area contributed by atoms with Crippen molar-refractivity contribution in [3.63, 3.8) is 0 Å². The van der Waals surface area contributed by atoms with E-state index in [1.54, 1.807) is 24.3 Å². The molecule has 2 aromatic carbocycles. The molecule has 0 unspecified atom stereocenters. The summed E-state index contributed by atoms with van der Waals surface area (Å²) in [6.45, 7) is 0. The first-order chi connectivity index (χ1) is 12.9. The monoisotopic (exact) mass is 383 g/mol. The smallest absolute Gasteiger partial charge is 0.229 e. The van der Waals surface area contributed by atoms with Crippen LogP contribution in [0.15, 0.2) is 59.6 Å². The van der Waals surface area contributed by atoms with Crippen LogP contribution in [-0.4, -0.2) is 32.0 Å². The molecule has 1 amide bonds. The van der Waals surface area contributed by atoms with Crippen molar-refractivity contribution in [3.8, 4) is 11.3 Å². The van der Waals surface area contributed by atoms with Crippen LogP contribution in [0.4, 0.5) is 11.4 Å². The van der Waals surface area contributed by atoms with Gasteiger partial charge in [-0.1, -0.05) is 42.5 Å². The number of aromatic nitrogens is 1. The van der Waals surface area contributed by atoms with E-state index >= 15 is 0 Å². The molecule has 9 heteroatoms. The van der Waals surface area contributed by atoms with E-state index in [1.165, 1.54) is 0 Å². The Balaban J connectivity index is 2.30. The molecule has 138 valence electrons. The lowest BCUT2D eigenvalue weighted by Gasteiger charge is -2.12. The molecular formula is C18H17N5O3S. The van der Waals surface area contributed by atoms with Crippen molar-refractivity contribution in [2.45, 2.75) is 0 Å². The molecule has 3 rings (SSSR count). The molecule has 0 saturated carbocycles. The number of aliphatic imine (C=N–C) groups is 1. The third-order valence-electron chi connectivity index (χ3n) is 3.63. The van der Waals surface area contributed by atoms with Crippen LogP contribution in [0.2, 0.25) is 0 Å². The highest BCUT2D eigenvalue weighted by molar-refractivity contribution is 7.92. The van der Waals surface area contributed by atoms with Crippen molar-refractivity contribution in [3.05, 3.63) is 54.6 Å². The fourth-order valence-corrected chi connectivity index (χ4v) is 3.15. The van der Waals surface area contributed by atoms with Gasteiger partial charge in [-0.3, -0.25) is 14.8 Å². The van der Waals surface area contributed by atoms with Gasteiger partial charge in [-0.05, 0) is 12.1 Å². The van der Waals surface area contributed by atoms with Crippen molar-refractivity contribution in [1.29, 1.82) is 0 Å². The second kappa shape index (κ2) is 7.42. The van der Waals surface area contributed by atoms with E-state index in [2.05, 4.69) is 20.0 Å². The van der Waals surface area contributed by atoms with Gasteiger partial charge in [-0.25, -0.2) is 18.4 Å². The van der Waals surface area contributed by atoms with Crippen molar-refractivity contribution < 1.29 is 13.2 Å². The lowest BCUT2D eigenvalue weighted by molar-refractivity contribution is -0.108. The number of fused-ring (bicyclic) bond motifs is 1. The van der Waals surface area contributed by atoms with Gasteiger partial charge in [0.2, 0.25) is 16.4 Å². The number of amides is 1. The summed E-state index contributed by atoms with van der Waals surface area (Å²) >= 11 is 0. The molecular weight excluding hydrogens is 366 g/mol. The minimum absolute atomic E-state index is 0.0852. The molecule has 27 heavy (non-hydrogen) atoms. The second-order valence-electron chi connectivity index (χ2n) is 5.73. The van der Waals surface area contributed by atoms with E-state index in [9.17, 15) is 13.2 Å². The number of guanidine groups is 1. The molecule has 1 aromatic heterocycles. The Morgan fingerprint density at radius 3 is 2.56 bits per heavy atom. The van der Waals surface area contributed by atoms with Crippen molar-refractivity contribution in [2.24, 2.45) is 10.7 Å². The summed E-state index contributed by atoms with van der Waals surface area (Å²) in [5.74, 6) is -0.0852. The maximum Gasteiger partial charge on any atom is 0.229 e. The first-order valence-corrected chi connectivity index (χ1v) is 9.78. The molecule has 0 fully saturated rings. The normalized spacial score (nSPS) is 12.0. The fraction of sp³-hybridized carbons (Fsp3) is 0.0556. The van der Waals surface area contributed by atoms with Crippen LogP contribution in [0, 0.1) is 0 Å². The minimum Gasteiger partial charge on any atom is -0.369 e. The molecule has 0 bridgehead atoms. The first-order valence-electron chi connectivity index (χ1n) is 7.89. The molecule has 0 aliphatic rings. The van der Waals surface area contributed by atoms with Gasteiger partial charge >= 0.3 is 0 Å². The zero-order chi connectivity index (χ0) is 19.4. The van der Waals surface area contributed by atoms with E-state index in [1.807, 2.05) is 30.3 Å². The van der Waals surface area contributed by atoms with Gasteiger partial charge < -0.3 is 5.73 Å².